The van der Waals surface area contributed by atoms with Crippen LogP contribution in [0.5, 0.6) is 0 Å². The first-order valence-electron chi connectivity index (χ1n) is 3.38. The molecule has 0 amide bonds. The zero-order chi connectivity index (χ0) is 8.39. The Morgan fingerprint density at radius 2 is 1.92 bits per heavy atom. The Kier molecular flexibility index (Phi) is 2.30. The van der Waals surface area contributed by atoms with Gasteiger partial charge in [0.15, 0.2) is 3.14 Å². The van der Waals surface area contributed by atoms with E-state index in [1.807, 2.05) is 30.3 Å². The lowest BCUT2D eigenvalue weighted by Crippen LogP contribution is -1.70. The monoisotopic (exact) mass is 211 g/mol. The van der Waals surface area contributed by atoms with Gasteiger partial charge in [0.05, 0.1) is 0 Å². The van der Waals surface area contributed by atoms with E-state index in [-0.39, 0.29) is 0 Å². The van der Waals surface area contributed by atoms with Crippen LogP contribution in [0.25, 0.3) is 10.6 Å². The smallest absolute Gasteiger partial charge is 0.164 e. The van der Waals surface area contributed by atoms with Gasteiger partial charge >= 0.3 is 0 Å². The van der Waals surface area contributed by atoms with Crippen molar-refractivity contribution in [3.8, 4) is 10.6 Å². The molecule has 2 aromatic rings. The zero-order valence-corrected chi connectivity index (χ0v) is 8.51. The first kappa shape index (κ1) is 8.04. The molecule has 0 N–H and O–H groups in total. The molecule has 0 saturated carbocycles. The maximum atomic E-state index is 5.01. The summed E-state index contributed by atoms with van der Waals surface area (Å²) in [5, 5.41) is 1.02. The van der Waals surface area contributed by atoms with Crippen molar-refractivity contribution in [1.29, 1.82) is 0 Å². The van der Waals surface area contributed by atoms with Crippen LogP contribution >= 0.6 is 35.1 Å². The molecule has 0 fully saturated rings. The van der Waals surface area contributed by atoms with Crippen molar-refractivity contribution in [1.82, 2.24) is 4.37 Å². The van der Waals surface area contributed by atoms with Gasteiger partial charge in [-0.25, -0.2) is 0 Å². The van der Waals surface area contributed by atoms with Crippen LogP contribution in [-0.4, -0.2) is 4.37 Å². The third-order valence-corrected chi connectivity index (χ3v) is 3.58. The Morgan fingerprint density at radius 3 is 2.50 bits per heavy atom. The van der Waals surface area contributed by atoms with Crippen molar-refractivity contribution in [2.24, 2.45) is 0 Å². The fourth-order valence-electron chi connectivity index (χ4n) is 0.887. The van der Waals surface area contributed by atoms with E-state index in [2.05, 4.69) is 4.37 Å². The minimum Gasteiger partial charge on any atom is -0.179 e. The lowest BCUT2D eigenvalue weighted by molar-refractivity contribution is 1.57. The first-order chi connectivity index (χ1) is 5.86. The molecule has 12 heavy (non-hydrogen) atoms. The summed E-state index contributed by atoms with van der Waals surface area (Å²) in [4.78, 5) is 0. The minimum atomic E-state index is 0.883. The largest absolute Gasteiger partial charge is 0.179 e. The maximum absolute atomic E-state index is 5.01. The van der Waals surface area contributed by atoms with Gasteiger partial charge in [-0.1, -0.05) is 53.9 Å². The molecule has 0 spiro atoms. The minimum absolute atomic E-state index is 0.883. The summed E-state index contributed by atoms with van der Waals surface area (Å²) < 4.78 is 5.13. The molecular formula is C8H5NS3. The lowest BCUT2D eigenvalue weighted by atomic mass is 10.2. The molecule has 0 atom stereocenters. The summed E-state index contributed by atoms with van der Waals surface area (Å²) in [6.45, 7) is 0. The second-order valence-corrected chi connectivity index (χ2v) is 5.16. The molecule has 0 aliphatic carbocycles. The van der Waals surface area contributed by atoms with Gasteiger partial charge < -0.3 is 0 Å². The number of aromatic nitrogens is 1. The van der Waals surface area contributed by atoms with Gasteiger partial charge in [0.2, 0.25) is 0 Å². The summed E-state index contributed by atoms with van der Waals surface area (Å²) >= 11 is 7.95. The van der Waals surface area contributed by atoms with Gasteiger partial charge in [-0.05, 0) is 11.5 Å². The summed E-state index contributed by atoms with van der Waals surface area (Å²) in [5.41, 5.74) is 1.15. The van der Waals surface area contributed by atoms with Crippen molar-refractivity contribution in [2.45, 2.75) is 0 Å². The van der Waals surface area contributed by atoms with Gasteiger partial charge in [0, 0.05) is 5.56 Å². The maximum Gasteiger partial charge on any atom is 0.164 e. The average Bonchev–Trinajstić information content (AvgIpc) is 2.54. The van der Waals surface area contributed by atoms with Crippen LogP contribution in [0.3, 0.4) is 0 Å². The average molecular weight is 211 g/mol. The van der Waals surface area contributed by atoms with Crippen LogP contribution in [0.15, 0.2) is 30.3 Å². The summed E-state index contributed by atoms with van der Waals surface area (Å²) in [6.07, 6.45) is 0. The molecule has 1 aromatic heterocycles. The zero-order valence-electron chi connectivity index (χ0n) is 6.06. The second-order valence-electron chi connectivity index (χ2n) is 2.21. The van der Waals surface area contributed by atoms with Crippen molar-refractivity contribution >= 4 is 35.1 Å². The van der Waals surface area contributed by atoms with Gasteiger partial charge in [0.1, 0.15) is 5.01 Å². The predicted molar refractivity (Wildman–Crippen MR) is 56.3 cm³/mol. The second kappa shape index (κ2) is 3.43. The topological polar surface area (TPSA) is 12.9 Å². The molecule has 60 valence electrons. The van der Waals surface area contributed by atoms with Crippen LogP contribution in [-0.2, 0) is 0 Å². The molecular weight excluding hydrogens is 206 g/mol. The van der Waals surface area contributed by atoms with Crippen LogP contribution in [0.4, 0.5) is 0 Å². The van der Waals surface area contributed by atoms with Crippen molar-refractivity contribution in [3.63, 3.8) is 0 Å². The Bertz CT molecular complexity index is 415. The van der Waals surface area contributed by atoms with Crippen LogP contribution in [0, 0.1) is 3.14 Å². The first-order valence-corrected chi connectivity index (χ1v) is 5.38. The van der Waals surface area contributed by atoms with E-state index in [9.17, 15) is 0 Å². The third kappa shape index (κ3) is 1.60. The van der Waals surface area contributed by atoms with E-state index in [0.29, 0.717) is 0 Å². The van der Waals surface area contributed by atoms with E-state index < -0.39 is 0 Å². The molecule has 0 aliphatic rings. The fourth-order valence-corrected chi connectivity index (χ4v) is 2.67. The number of nitrogens with zero attached hydrogens (tertiary/aromatic N) is 1. The molecule has 1 nitrogen and oxygen atoms in total. The van der Waals surface area contributed by atoms with Gasteiger partial charge in [0.25, 0.3) is 0 Å². The highest BCUT2D eigenvalue weighted by atomic mass is 32.2. The van der Waals surface area contributed by atoms with E-state index in [1.165, 1.54) is 11.5 Å². The van der Waals surface area contributed by atoms with Crippen LogP contribution in [0.1, 0.15) is 0 Å². The molecule has 0 unspecified atom stereocenters. The van der Waals surface area contributed by atoms with E-state index >= 15 is 0 Å². The highest BCUT2D eigenvalue weighted by molar-refractivity contribution is 7.76. The Labute approximate surface area is 83.5 Å². The third-order valence-electron chi connectivity index (χ3n) is 1.40. The normalized spacial score (nSPS) is 10.0. The van der Waals surface area contributed by atoms with Gasteiger partial charge in [-0.2, -0.15) is 4.37 Å². The number of benzene rings is 1. The highest BCUT2D eigenvalue weighted by Gasteiger charge is 1.99. The van der Waals surface area contributed by atoms with Crippen molar-refractivity contribution in [2.75, 3.05) is 0 Å². The van der Waals surface area contributed by atoms with Gasteiger partial charge in [-0.3, -0.25) is 0 Å². The van der Waals surface area contributed by atoms with E-state index in [1.54, 1.807) is 11.3 Å². The predicted octanol–water partition coefficient (Wildman–Crippen LogP) is 3.60. The molecule has 2 rings (SSSR count). The summed E-state index contributed by atoms with van der Waals surface area (Å²) in [7, 11) is 0. The number of hydrogen-bond donors (Lipinski definition) is 0. The quantitative estimate of drug-likeness (QED) is 0.668. The Balaban J connectivity index is 2.51. The van der Waals surface area contributed by atoms with Crippen LogP contribution < -0.4 is 0 Å². The van der Waals surface area contributed by atoms with E-state index in [0.717, 1.165) is 13.7 Å². The van der Waals surface area contributed by atoms with Crippen molar-refractivity contribution in [3.05, 3.63) is 33.5 Å². The standard InChI is InChI=1S/C8H5NS3/c10-8-11-7(9-12-8)6-4-2-1-3-5-6/h1-5H. The molecule has 4 heteroatoms. The molecule has 0 radical (unpaired) electrons. The molecule has 1 heterocycles. The van der Waals surface area contributed by atoms with Crippen molar-refractivity contribution < 1.29 is 0 Å². The summed E-state index contributed by atoms with van der Waals surface area (Å²) in [6, 6.07) is 10.1. The molecule has 1 aromatic carbocycles. The highest BCUT2D eigenvalue weighted by Crippen LogP contribution is 2.24. The number of hydrogen-bond acceptors (Lipinski definition) is 4. The Morgan fingerprint density at radius 1 is 1.17 bits per heavy atom. The molecule has 0 bridgehead atoms. The fraction of sp³-hybridized carbons (Fsp3) is 0. The number of rotatable bonds is 1. The SMILES string of the molecule is S=c1snc(-c2ccccc2)s1. The van der Waals surface area contributed by atoms with Crippen LogP contribution in [0.2, 0.25) is 0 Å². The lowest BCUT2D eigenvalue weighted by Gasteiger charge is -1.90. The summed E-state index contributed by atoms with van der Waals surface area (Å²) in [5.74, 6) is 0. The molecule has 0 saturated heterocycles. The Hall–Kier alpha value is -0.580. The van der Waals surface area contributed by atoms with Gasteiger partial charge in [-0.15, -0.1) is 0 Å². The van der Waals surface area contributed by atoms with E-state index in [4.69, 9.17) is 12.2 Å². The molecule has 0 aliphatic heterocycles.